The Balaban J connectivity index is 2.17. The molecule has 2 aromatic rings. The van der Waals surface area contributed by atoms with Crippen LogP contribution >= 0.6 is 0 Å². The van der Waals surface area contributed by atoms with Crippen molar-refractivity contribution in [2.24, 2.45) is 0 Å². The zero-order chi connectivity index (χ0) is 12.1. The molecule has 0 amide bonds. The second kappa shape index (κ2) is 5.64. The molecule has 0 unspecified atom stereocenters. The fourth-order valence-electron chi connectivity index (χ4n) is 1.90. The lowest BCUT2D eigenvalue weighted by atomic mass is 10.1. The summed E-state index contributed by atoms with van der Waals surface area (Å²) in [5.74, 6) is 0. The lowest BCUT2D eigenvalue weighted by Gasteiger charge is -2.02. The summed E-state index contributed by atoms with van der Waals surface area (Å²) in [5.41, 5.74) is 1.24. The van der Waals surface area contributed by atoms with E-state index >= 15 is 0 Å². The summed E-state index contributed by atoms with van der Waals surface area (Å²) in [5, 5.41) is 4.09. The van der Waals surface area contributed by atoms with Gasteiger partial charge in [0.05, 0.1) is 0 Å². The van der Waals surface area contributed by atoms with Crippen LogP contribution in [0.4, 0.5) is 0 Å². The molecule has 0 bridgehead atoms. The van der Waals surface area contributed by atoms with Gasteiger partial charge in [0.2, 0.25) is 0 Å². The van der Waals surface area contributed by atoms with Gasteiger partial charge in [0.15, 0.2) is 0 Å². The molecule has 0 radical (unpaired) electrons. The van der Waals surface area contributed by atoms with E-state index in [2.05, 4.69) is 5.32 Å². The van der Waals surface area contributed by atoms with E-state index in [0.717, 1.165) is 36.8 Å². The minimum Gasteiger partial charge on any atom is -0.423 e. The van der Waals surface area contributed by atoms with Crippen molar-refractivity contribution in [3.05, 3.63) is 46.3 Å². The molecule has 17 heavy (non-hydrogen) atoms. The topological polar surface area (TPSA) is 42.2 Å². The average Bonchev–Trinajstić information content (AvgIpc) is 2.35. The third-order valence-electron chi connectivity index (χ3n) is 2.84. The number of fused-ring (bicyclic) bond motifs is 1. The predicted octanol–water partition coefficient (Wildman–Crippen LogP) is 2.34. The Kier molecular flexibility index (Phi) is 3.94. The lowest BCUT2D eigenvalue weighted by molar-refractivity contribution is 0.545. The van der Waals surface area contributed by atoms with Gasteiger partial charge in [-0.3, -0.25) is 0 Å². The lowest BCUT2D eigenvalue weighted by Crippen LogP contribution is -2.10. The Morgan fingerprint density at radius 3 is 2.88 bits per heavy atom. The van der Waals surface area contributed by atoms with Crippen molar-refractivity contribution in [1.82, 2.24) is 5.32 Å². The van der Waals surface area contributed by atoms with E-state index in [0.29, 0.717) is 5.58 Å². The van der Waals surface area contributed by atoms with Crippen LogP contribution in [-0.2, 0) is 6.42 Å². The fraction of sp³-hybridized carbons (Fsp3) is 0.357. The molecule has 0 saturated heterocycles. The SMILES string of the molecule is CNCCCCc1cc2ccccc2oc1=O. The Morgan fingerprint density at radius 1 is 1.24 bits per heavy atom. The summed E-state index contributed by atoms with van der Waals surface area (Å²) in [6.07, 6.45) is 2.86. The van der Waals surface area contributed by atoms with Crippen LogP contribution in [0, 0.1) is 0 Å². The van der Waals surface area contributed by atoms with Crippen molar-refractivity contribution < 1.29 is 4.42 Å². The van der Waals surface area contributed by atoms with E-state index in [4.69, 9.17) is 4.42 Å². The molecular weight excluding hydrogens is 214 g/mol. The maximum atomic E-state index is 11.7. The van der Waals surface area contributed by atoms with E-state index in [9.17, 15) is 4.79 Å². The number of rotatable bonds is 5. The van der Waals surface area contributed by atoms with Crippen molar-refractivity contribution >= 4 is 11.0 Å². The van der Waals surface area contributed by atoms with Gasteiger partial charge >= 0.3 is 5.63 Å². The van der Waals surface area contributed by atoms with Gasteiger partial charge in [-0.1, -0.05) is 18.2 Å². The highest BCUT2D eigenvalue weighted by Gasteiger charge is 2.04. The number of para-hydroxylation sites is 1. The maximum absolute atomic E-state index is 11.7. The van der Waals surface area contributed by atoms with Crippen molar-refractivity contribution in [2.75, 3.05) is 13.6 Å². The highest BCUT2D eigenvalue weighted by Crippen LogP contribution is 2.13. The molecular formula is C14H17NO2. The molecule has 90 valence electrons. The van der Waals surface area contributed by atoms with Crippen LogP contribution in [0.15, 0.2) is 39.5 Å². The molecule has 3 heteroatoms. The van der Waals surface area contributed by atoms with Crippen LogP contribution in [0.3, 0.4) is 0 Å². The molecule has 0 saturated carbocycles. The van der Waals surface area contributed by atoms with E-state index in [-0.39, 0.29) is 5.63 Å². The minimum absolute atomic E-state index is 0.201. The molecule has 2 rings (SSSR count). The van der Waals surface area contributed by atoms with E-state index in [1.54, 1.807) is 0 Å². The normalized spacial score (nSPS) is 10.9. The van der Waals surface area contributed by atoms with Gasteiger partial charge in [-0.25, -0.2) is 4.79 Å². The van der Waals surface area contributed by atoms with Gasteiger partial charge in [0.1, 0.15) is 5.58 Å². The van der Waals surface area contributed by atoms with Crippen LogP contribution in [-0.4, -0.2) is 13.6 Å². The number of unbranched alkanes of at least 4 members (excludes halogenated alkanes) is 1. The van der Waals surface area contributed by atoms with Gasteiger partial charge in [-0.2, -0.15) is 0 Å². The quantitative estimate of drug-likeness (QED) is 0.634. The Labute approximate surface area is 100 Å². The average molecular weight is 231 g/mol. The first-order valence-electron chi connectivity index (χ1n) is 5.97. The third-order valence-corrected chi connectivity index (χ3v) is 2.84. The third kappa shape index (κ3) is 2.94. The highest BCUT2D eigenvalue weighted by molar-refractivity contribution is 5.76. The fourth-order valence-corrected chi connectivity index (χ4v) is 1.90. The molecule has 1 aromatic heterocycles. The summed E-state index contributed by atoms with van der Waals surface area (Å²) in [6.45, 7) is 0.985. The molecule has 0 aliphatic rings. The molecule has 3 nitrogen and oxygen atoms in total. The number of aryl methyl sites for hydroxylation is 1. The summed E-state index contributed by atoms with van der Waals surface area (Å²) in [6, 6.07) is 9.56. The molecule has 0 spiro atoms. The summed E-state index contributed by atoms with van der Waals surface area (Å²) in [4.78, 5) is 11.7. The standard InChI is InChI=1S/C14H17NO2/c1-15-9-5-4-7-12-10-11-6-2-3-8-13(11)17-14(12)16/h2-3,6,8,10,15H,4-5,7,9H2,1H3. The number of nitrogens with one attached hydrogen (secondary N) is 1. The molecule has 0 aliphatic heterocycles. The van der Waals surface area contributed by atoms with Crippen LogP contribution in [0.1, 0.15) is 18.4 Å². The molecule has 0 atom stereocenters. The summed E-state index contributed by atoms with van der Waals surface area (Å²) < 4.78 is 5.28. The number of benzene rings is 1. The first-order valence-corrected chi connectivity index (χ1v) is 5.97. The maximum Gasteiger partial charge on any atom is 0.339 e. The van der Waals surface area contributed by atoms with Gasteiger partial charge in [-0.05, 0) is 45.0 Å². The van der Waals surface area contributed by atoms with Gasteiger partial charge < -0.3 is 9.73 Å². The van der Waals surface area contributed by atoms with Crippen LogP contribution in [0.5, 0.6) is 0 Å². The molecule has 1 aromatic carbocycles. The minimum atomic E-state index is -0.201. The monoisotopic (exact) mass is 231 g/mol. The zero-order valence-corrected chi connectivity index (χ0v) is 10.0. The first-order chi connectivity index (χ1) is 8.31. The van der Waals surface area contributed by atoms with Crippen molar-refractivity contribution in [1.29, 1.82) is 0 Å². The van der Waals surface area contributed by atoms with Gasteiger partial charge in [0.25, 0.3) is 0 Å². The molecule has 0 aliphatic carbocycles. The van der Waals surface area contributed by atoms with Gasteiger partial charge in [0, 0.05) is 10.9 Å². The van der Waals surface area contributed by atoms with E-state index < -0.39 is 0 Å². The van der Waals surface area contributed by atoms with Crippen molar-refractivity contribution in [2.45, 2.75) is 19.3 Å². The van der Waals surface area contributed by atoms with E-state index in [1.807, 2.05) is 37.4 Å². The smallest absolute Gasteiger partial charge is 0.339 e. The molecule has 1 N–H and O–H groups in total. The van der Waals surface area contributed by atoms with Crippen molar-refractivity contribution in [3.8, 4) is 0 Å². The largest absolute Gasteiger partial charge is 0.423 e. The Bertz CT molecular complexity index is 545. The first kappa shape index (κ1) is 11.9. The summed E-state index contributed by atoms with van der Waals surface area (Å²) in [7, 11) is 1.93. The second-order valence-electron chi connectivity index (χ2n) is 4.16. The number of hydrogen-bond donors (Lipinski definition) is 1. The second-order valence-corrected chi connectivity index (χ2v) is 4.16. The molecule has 1 heterocycles. The summed E-state index contributed by atoms with van der Waals surface area (Å²) >= 11 is 0. The Morgan fingerprint density at radius 2 is 2.06 bits per heavy atom. The van der Waals surface area contributed by atoms with Crippen LogP contribution in [0.25, 0.3) is 11.0 Å². The Hall–Kier alpha value is -1.61. The predicted molar refractivity (Wildman–Crippen MR) is 69.3 cm³/mol. The van der Waals surface area contributed by atoms with Crippen molar-refractivity contribution in [3.63, 3.8) is 0 Å². The van der Waals surface area contributed by atoms with Crippen LogP contribution in [0.2, 0.25) is 0 Å². The zero-order valence-electron chi connectivity index (χ0n) is 10.0. The highest BCUT2D eigenvalue weighted by atomic mass is 16.4. The van der Waals surface area contributed by atoms with Gasteiger partial charge in [-0.15, -0.1) is 0 Å². The number of hydrogen-bond acceptors (Lipinski definition) is 3. The molecule has 0 fully saturated rings. The van der Waals surface area contributed by atoms with E-state index in [1.165, 1.54) is 0 Å². The van der Waals surface area contributed by atoms with Crippen LogP contribution < -0.4 is 10.9 Å².